The zero-order valence-electron chi connectivity index (χ0n) is 9.11. The van der Waals surface area contributed by atoms with E-state index in [1.807, 2.05) is 0 Å². The molecular formula is C11H19N3O. The van der Waals surface area contributed by atoms with Crippen molar-refractivity contribution in [2.75, 3.05) is 39.3 Å². The van der Waals surface area contributed by atoms with E-state index in [2.05, 4.69) is 15.1 Å². The number of rotatable bonds is 1. The van der Waals surface area contributed by atoms with Crippen LogP contribution in [-0.2, 0) is 4.79 Å². The number of hydrogen-bond acceptors (Lipinski definition) is 3. The van der Waals surface area contributed by atoms with Crippen molar-refractivity contribution in [3.63, 3.8) is 0 Å². The average Bonchev–Trinajstić information content (AvgIpc) is 2.31. The number of nitrogens with zero attached hydrogens (tertiary/aromatic N) is 2. The maximum absolute atomic E-state index is 11.8. The molecule has 84 valence electrons. The molecule has 0 saturated carbocycles. The molecule has 1 unspecified atom stereocenters. The lowest BCUT2D eigenvalue weighted by molar-refractivity contribution is -0.138. The smallest absolute Gasteiger partial charge is 0.236 e. The summed E-state index contributed by atoms with van der Waals surface area (Å²) in [4.78, 5) is 16.5. The SMILES string of the molecule is O=C1CNCCN1C1CN2CCC1CC2. The van der Waals surface area contributed by atoms with Crippen LogP contribution in [0.5, 0.6) is 0 Å². The Bertz CT molecular complexity index is 261. The lowest BCUT2D eigenvalue weighted by Crippen LogP contribution is -2.62. The first kappa shape index (κ1) is 9.60. The molecule has 2 bridgehead atoms. The molecule has 0 aromatic carbocycles. The molecule has 1 N–H and O–H groups in total. The maximum atomic E-state index is 11.8. The molecule has 0 aliphatic carbocycles. The summed E-state index contributed by atoms with van der Waals surface area (Å²) in [6.07, 6.45) is 2.59. The fraction of sp³-hybridized carbons (Fsp3) is 0.909. The minimum Gasteiger partial charge on any atom is -0.336 e. The van der Waals surface area contributed by atoms with Gasteiger partial charge in [-0.3, -0.25) is 4.79 Å². The fourth-order valence-electron chi connectivity index (χ4n) is 3.26. The van der Waals surface area contributed by atoms with Crippen molar-refractivity contribution in [2.45, 2.75) is 18.9 Å². The third-order valence-corrected chi connectivity index (χ3v) is 4.15. The number of nitrogens with one attached hydrogen (secondary N) is 1. The van der Waals surface area contributed by atoms with Gasteiger partial charge in [-0.2, -0.15) is 0 Å². The molecule has 1 amide bonds. The number of hydrogen-bond donors (Lipinski definition) is 1. The first-order valence-electron chi connectivity index (χ1n) is 6.07. The quantitative estimate of drug-likeness (QED) is 0.633. The van der Waals surface area contributed by atoms with Gasteiger partial charge in [-0.05, 0) is 31.8 Å². The average molecular weight is 209 g/mol. The molecule has 0 aromatic rings. The van der Waals surface area contributed by atoms with Crippen LogP contribution in [0.3, 0.4) is 0 Å². The lowest BCUT2D eigenvalue weighted by atomic mass is 9.83. The van der Waals surface area contributed by atoms with Gasteiger partial charge in [-0.15, -0.1) is 0 Å². The Hall–Kier alpha value is -0.610. The summed E-state index contributed by atoms with van der Waals surface area (Å²) in [5.41, 5.74) is 0. The summed E-state index contributed by atoms with van der Waals surface area (Å²) in [6.45, 7) is 6.05. The molecule has 4 heteroatoms. The highest BCUT2D eigenvalue weighted by molar-refractivity contribution is 5.79. The van der Waals surface area contributed by atoms with Gasteiger partial charge in [0.15, 0.2) is 0 Å². The van der Waals surface area contributed by atoms with Crippen molar-refractivity contribution in [1.82, 2.24) is 15.1 Å². The van der Waals surface area contributed by atoms with E-state index in [-0.39, 0.29) is 0 Å². The van der Waals surface area contributed by atoms with Crippen molar-refractivity contribution in [2.24, 2.45) is 5.92 Å². The third kappa shape index (κ3) is 1.66. The summed E-state index contributed by atoms with van der Waals surface area (Å²) >= 11 is 0. The van der Waals surface area contributed by atoms with Crippen molar-refractivity contribution in [3.8, 4) is 0 Å². The second-order valence-corrected chi connectivity index (χ2v) is 4.97. The minimum atomic E-state index is 0.306. The first-order chi connectivity index (χ1) is 7.34. The van der Waals surface area contributed by atoms with E-state index in [1.165, 1.54) is 25.9 Å². The van der Waals surface area contributed by atoms with E-state index in [9.17, 15) is 4.79 Å². The van der Waals surface area contributed by atoms with E-state index in [0.717, 1.165) is 25.6 Å². The highest BCUT2D eigenvalue weighted by Crippen LogP contribution is 2.31. The summed E-state index contributed by atoms with van der Waals surface area (Å²) in [5.74, 6) is 1.08. The summed E-state index contributed by atoms with van der Waals surface area (Å²) in [5, 5.41) is 3.14. The molecule has 4 aliphatic heterocycles. The summed E-state index contributed by atoms with van der Waals surface area (Å²) in [6, 6.07) is 0.516. The normalized spacial score (nSPS) is 40.9. The standard InChI is InChI=1S/C11H19N3O/c15-11-7-12-3-6-14(11)10-8-13-4-1-9(10)2-5-13/h9-10,12H,1-8H2. The second kappa shape index (κ2) is 3.76. The molecule has 1 atom stereocenters. The van der Waals surface area contributed by atoms with Crippen LogP contribution >= 0.6 is 0 Å². The molecular weight excluding hydrogens is 190 g/mol. The Morgan fingerprint density at radius 2 is 2.00 bits per heavy atom. The monoisotopic (exact) mass is 209 g/mol. The molecule has 0 radical (unpaired) electrons. The van der Waals surface area contributed by atoms with Gasteiger partial charge in [0.1, 0.15) is 0 Å². The first-order valence-corrected chi connectivity index (χ1v) is 6.07. The molecule has 4 nitrogen and oxygen atoms in total. The van der Waals surface area contributed by atoms with E-state index < -0.39 is 0 Å². The number of piperidine rings is 3. The predicted octanol–water partition coefficient (Wildman–Crippen LogP) is -0.488. The molecule has 4 aliphatic rings. The summed E-state index contributed by atoms with van der Waals surface area (Å²) < 4.78 is 0. The lowest BCUT2D eigenvalue weighted by Gasteiger charge is -2.49. The van der Waals surface area contributed by atoms with Crippen LogP contribution in [0.2, 0.25) is 0 Å². The third-order valence-electron chi connectivity index (χ3n) is 4.15. The van der Waals surface area contributed by atoms with Crippen LogP contribution in [-0.4, -0.2) is 61.0 Å². The Morgan fingerprint density at radius 1 is 1.20 bits per heavy atom. The van der Waals surface area contributed by atoms with Crippen molar-refractivity contribution in [1.29, 1.82) is 0 Å². The van der Waals surface area contributed by atoms with E-state index in [1.54, 1.807) is 0 Å². The van der Waals surface area contributed by atoms with E-state index >= 15 is 0 Å². The number of amides is 1. The number of carbonyl (C=O) groups is 1. The fourth-order valence-corrected chi connectivity index (χ4v) is 3.26. The highest BCUT2D eigenvalue weighted by atomic mass is 16.2. The predicted molar refractivity (Wildman–Crippen MR) is 57.5 cm³/mol. The van der Waals surface area contributed by atoms with Gasteiger partial charge in [0.2, 0.25) is 5.91 Å². The minimum absolute atomic E-state index is 0.306. The molecule has 4 rings (SSSR count). The van der Waals surface area contributed by atoms with Crippen LogP contribution in [0.25, 0.3) is 0 Å². The van der Waals surface area contributed by atoms with Gasteiger partial charge in [0.25, 0.3) is 0 Å². The summed E-state index contributed by atoms with van der Waals surface area (Å²) in [7, 11) is 0. The van der Waals surface area contributed by atoms with Gasteiger partial charge in [-0.1, -0.05) is 0 Å². The number of piperazine rings is 1. The molecule has 4 fully saturated rings. The zero-order valence-corrected chi connectivity index (χ0v) is 9.11. The van der Waals surface area contributed by atoms with Gasteiger partial charge in [0, 0.05) is 25.7 Å². The molecule has 0 spiro atoms. The van der Waals surface area contributed by atoms with Crippen LogP contribution in [0.1, 0.15) is 12.8 Å². The largest absolute Gasteiger partial charge is 0.336 e. The molecule has 4 saturated heterocycles. The Balaban J connectivity index is 1.73. The Morgan fingerprint density at radius 3 is 2.60 bits per heavy atom. The molecule has 0 aromatic heterocycles. The topological polar surface area (TPSA) is 35.6 Å². The second-order valence-electron chi connectivity index (χ2n) is 4.97. The van der Waals surface area contributed by atoms with E-state index in [4.69, 9.17) is 0 Å². The van der Waals surface area contributed by atoms with Gasteiger partial charge >= 0.3 is 0 Å². The number of carbonyl (C=O) groups excluding carboxylic acids is 1. The molecule has 4 heterocycles. The number of fused-ring (bicyclic) bond motifs is 3. The molecule has 15 heavy (non-hydrogen) atoms. The van der Waals surface area contributed by atoms with Crippen molar-refractivity contribution in [3.05, 3.63) is 0 Å². The zero-order chi connectivity index (χ0) is 10.3. The van der Waals surface area contributed by atoms with Crippen LogP contribution in [0, 0.1) is 5.92 Å². The Kier molecular flexibility index (Phi) is 2.41. The van der Waals surface area contributed by atoms with Gasteiger partial charge in [-0.25, -0.2) is 0 Å². The highest BCUT2D eigenvalue weighted by Gasteiger charge is 2.39. The van der Waals surface area contributed by atoms with Gasteiger partial charge < -0.3 is 15.1 Å². The Labute approximate surface area is 90.6 Å². The van der Waals surface area contributed by atoms with Crippen molar-refractivity contribution >= 4 is 5.91 Å². The van der Waals surface area contributed by atoms with E-state index in [0.29, 0.717) is 18.5 Å². The van der Waals surface area contributed by atoms with Crippen molar-refractivity contribution < 1.29 is 4.79 Å². The van der Waals surface area contributed by atoms with Crippen LogP contribution in [0.4, 0.5) is 0 Å². The van der Waals surface area contributed by atoms with Crippen LogP contribution < -0.4 is 5.32 Å². The van der Waals surface area contributed by atoms with Crippen LogP contribution in [0.15, 0.2) is 0 Å². The van der Waals surface area contributed by atoms with Gasteiger partial charge in [0.05, 0.1) is 6.54 Å². The maximum Gasteiger partial charge on any atom is 0.236 e.